The van der Waals surface area contributed by atoms with Gasteiger partial charge >= 0.3 is 0 Å². The maximum atomic E-state index is 2.40. The average molecular weight is 334 g/mol. The van der Waals surface area contributed by atoms with E-state index in [1.807, 2.05) is 0 Å². The number of fused-ring (bicyclic) bond motifs is 5. The summed E-state index contributed by atoms with van der Waals surface area (Å²) in [4.78, 5) is 0. The van der Waals surface area contributed by atoms with Crippen molar-refractivity contribution in [3.63, 3.8) is 0 Å². The van der Waals surface area contributed by atoms with Gasteiger partial charge in [-0.15, -0.1) is 0 Å². The van der Waals surface area contributed by atoms with Gasteiger partial charge < -0.3 is 0 Å². The Hall–Kier alpha value is -2.86. The number of benzene rings is 4. The zero-order valence-electron chi connectivity index (χ0n) is 15.5. The second-order valence-corrected chi connectivity index (χ2v) is 7.96. The molecule has 0 heterocycles. The Bertz CT molecular complexity index is 1140. The van der Waals surface area contributed by atoms with Crippen LogP contribution in [0.25, 0.3) is 33.0 Å². The fraction of sp³-hybridized carbons (Fsp3) is 0.154. The second kappa shape index (κ2) is 5.32. The van der Waals surface area contributed by atoms with Gasteiger partial charge in [0.15, 0.2) is 0 Å². The lowest BCUT2D eigenvalue weighted by molar-refractivity contribution is 0.666. The molecular weight excluding hydrogens is 312 g/mol. The smallest absolute Gasteiger partial charge is 0.0165 e. The molecule has 0 amide bonds. The van der Waals surface area contributed by atoms with E-state index in [-0.39, 0.29) is 5.41 Å². The summed E-state index contributed by atoms with van der Waals surface area (Å²) >= 11 is 0. The fourth-order valence-corrected chi connectivity index (χ4v) is 4.53. The van der Waals surface area contributed by atoms with Gasteiger partial charge in [-0.05, 0) is 57.1 Å². The van der Waals surface area contributed by atoms with E-state index >= 15 is 0 Å². The highest BCUT2D eigenvalue weighted by Gasteiger charge is 2.36. The first kappa shape index (κ1) is 15.4. The molecule has 0 fully saturated rings. The van der Waals surface area contributed by atoms with Crippen molar-refractivity contribution < 1.29 is 0 Å². The summed E-state index contributed by atoms with van der Waals surface area (Å²) in [6.07, 6.45) is 0. The number of rotatable bonds is 1. The predicted octanol–water partition coefficient (Wildman–Crippen LogP) is 7.12. The van der Waals surface area contributed by atoms with E-state index in [0.29, 0.717) is 0 Å². The van der Waals surface area contributed by atoms with Crippen molar-refractivity contribution in [3.8, 4) is 22.3 Å². The van der Waals surface area contributed by atoms with Crippen LogP contribution in [-0.2, 0) is 5.41 Å². The largest absolute Gasteiger partial charge is 0.0616 e. The summed E-state index contributed by atoms with van der Waals surface area (Å²) in [6.45, 7) is 6.86. The van der Waals surface area contributed by atoms with Gasteiger partial charge in [-0.1, -0.05) is 92.2 Å². The first-order chi connectivity index (χ1) is 12.6. The molecule has 4 aromatic rings. The second-order valence-electron chi connectivity index (χ2n) is 7.96. The van der Waals surface area contributed by atoms with Gasteiger partial charge in [-0.2, -0.15) is 0 Å². The van der Waals surface area contributed by atoms with Crippen LogP contribution >= 0.6 is 0 Å². The van der Waals surface area contributed by atoms with Crippen molar-refractivity contribution in [1.29, 1.82) is 0 Å². The van der Waals surface area contributed by atoms with E-state index in [0.717, 1.165) is 0 Å². The molecule has 0 aliphatic heterocycles. The summed E-state index contributed by atoms with van der Waals surface area (Å²) in [6, 6.07) is 29.1. The summed E-state index contributed by atoms with van der Waals surface area (Å²) in [5.41, 5.74) is 9.56. The zero-order chi connectivity index (χ0) is 17.9. The van der Waals surface area contributed by atoms with Crippen LogP contribution in [-0.4, -0.2) is 0 Å². The first-order valence-electron chi connectivity index (χ1n) is 9.30. The third-order valence-corrected chi connectivity index (χ3v) is 5.92. The van der Waals surface area contributed by atoms with Gasteiger partial charge in [-0.3, -0.25) is 0 Å². The minimum absolute atomic E-state index is 0.00619. The summed E-state index contributed by atoms with van der Waals surface area (Å²) < 4.78 is 0. The van der Waals surface area contributed by atoms with Crippen LogP contribution in [0.3, 0.4) is 0 Å². The lowest BCUT2D eigenvalue weighted by Gasteiger charge is -2.23. The average Bonchev–Trinajstić information content (AvgIpc) is 2.90. The molecule has 26 heavy (non-hydrogen) atoms. The van der Waals surface area contributed by atoms with E-state index < -0.39 is 0 Å². The van der Waals surface area contributed by atoms with Crippen molar-refractivity contribution >= 4 is 10.8 Å². The molecule has 0 nitrogen and oxygen atoms in total. The molecule has 0 saturated heterocycles. The molecule has 0 saturated carbocycles. The Kier molecular flexibility index (Phi) is 3.15. The van der Waals surface area contributed by atoms with Crippen LogP contribution in [0.15, 0.2) is 78.9 Å². The van der Waals surface area contributed by atoms with Gasteiger partial charge in [0.25, 0.3) is 0 Å². The van der Waals surface area contributed by atoms with Gasteiger partial charge in [0.2, 0.25) is 0 Å². The van der Waals surface area contributed by atoms with Crippen LogP contribution in [0, 0.1) is 6.92 Å². The van der Waals surface area contributed by atoms with Crippen LogP contribution in [0.1, 0.15) is 30.5 Å². The van der Waals surface area contributed by atoms with Crippen molar-refractivity contribution in [3.05, 3.63) is 95.6 Å². The van der Waals surface area contributed by atoms with E-state index in [1.54, 1.807) is 0 Å². The highest BCUT2D eigenvalue weighted by Crippen LogP contribution is 2.52. The number of hydrogen-bond donors (Lipinski definition) is 0. The van der Waals surface area contributed by atoms with Gasteiger partial charge in [-0.25, -0.2) is 0 Å². The van der Waals surface area contributed by atoms with Crippen LogP contribution in [0.2, 0.25) is 0 Å². The Balaban J connectivity index is 1.75. The molecule has 0 aromatic heterocycles. The van der Waals surface area contributed by atoms with E-state index in [9.17, 15) is 0 Å². The molecule has 0 bridgehead atoms. The monoisotopic (exact) mass is 334 g/mol. The molecule has 1 aliphatic rings. The van der Waals surface area contributed by atoms with E-state index in [1.165, 1.54) is 49.7 Å². The van der Waals surface area contributed by atoms with Crippen molar-refractivity contribution in [1.82, 2.24) is 0 Å². The molecule has 0 spiro atoms. The Morgan fingerprint density at radius 1 is 0.654 bits per heavy atom. The molecule has 0 atom stereocenters. The Labute approximate surface area is 155 Å². The summed E-state index contributed by atoms with van der Waals surface area (Å²) in [5, 5.41) is 2.70. The molecule has 126 valence electrons. The van der Waals surface area contributed by atoms with Crippen LogP contribution in [0.5, 0.6) is 0 Å². The maximum absolute atomic E-state index is 2.40. The Morgan fingerprint density at radius 2 is 1.35 bits per heavy atom. The molecule has 4 aromatic carbocycles. The van der Waals surface area contributed by atoms with E-state index in [4.69, 9.17) is 0 Å². The summed E-state index contributed by atoms with van der Waals surface area (Å²) in [7, 11) is 0. The number of hydrogen-bond acceptors (Lipinski definition) is 0. The maximum Gasteiger partial charge on any atom is 0.0165 e. The molecule has 1 aliphatic carbocycles. The Morgan fingerprint density at radius 3 is 2.15 bits per heavy atom. The highest BCUT2D eigenvalue weighted by molar-refractivity contribution is 5.97. The highest BCUT2D eigenvalue weighted by atomic mass is 14.4. The fourth-order valence-electron chi connectivity index (χ4n) is 4.53. The van der Waals surface area contributed by atoms with Crippen molar-refractivity contribution in [2.75, 3.05) is 0 Å². The predicted molar refractivity (Wildman–Crippen MR) is 112 cm³/mol. The van der Waals surface area contributed by atoms with Crippen LogP contribution < -0.4 is 0 Å². The SMILES string of the molecule is Cc1ccc(-c2ccc3c(c2)C(C)(C)c2c-3ccc3ccccc23)cc1. The molecule has 0 heteroatoms. The first-order valence-corrected chi connectivity index (χ1v) is 9.30. The minimum atomic E-state index is 0.00619. The van der Waals surface area contributed by atoms with Crippen molar-refractivity contribution in [2.45, 2.75) is 26.2 Å². The van der Waals surface area contributed by atoms with Gasteiger partial charge in [0.1, 0.15) is 0 Å². The zero-order valence-corrected chi connectivity index (χ0v) is 15.5. The molecular formula is C26H22. The normalized spacial score (nSPS) is 14.3. The minimum Gasteiger partial charge on any atom is -0.0616 e. The van der Waals surface area contributed by atoms with Crippen molar-refractivity contribution in [2.24, 2.45) is 0 Å². The standard InChI is InChI=1S/C26H22/c1-17-8-10-18(11-9-17)20-13-14-22-23-15-12-19-6-4-5-7-21(19)25(23)26(2,3)24(22)16-20/h4-16H,1-3H3. The third kappa shape index (κ3) is 2.08. The van der Waals surface area contributed by atoms with Gasteiger partial charge in [0, 0.05) is 5.41 Å². The lowest BCUT2D eigenvalue weighted by Crippen LogP contribution is -2.15. The van der Waals surface area contributed by atoms with Crippen LogP contribution in [0.4, 0.5) is 0 Å². The lowest BCUT2D eigenvalue weighted by atomic mass is 9.79. The summed E-state index contributed by atoms with van der Waals surface area (Å²) in [5.74, 6) is 0. The molecule has 5 rings (SSSR count). The van der Waals surface area contributed by atoms with Gasteiger partial charge in [0.05, 0.1) is 0 Å². The van der Waals surface area contributed by atoms with E-state index in [2.05, 4.69) is 99.6 Å². The molecule has 0 unspecified atom stereocenters. The molecule has 0 N–H and O–H groups in total. The topological polar surface area (TPSA) is 0 Å². The quantitative estimate of drug-likeness (QED) is 0.347. The number of aryl methyl sites for hydroxylation is 1. The third-order valence-electron chi connectivity index (χ3n) is 5.92. The molecule has 0 radical (unpaired) electrons.